The summed E-state index contributed by atoms with van der Waals surface area (Å²) in [5, 5.41) is 13.5. The second-order valence-electron chi connectivity index (χ2n) is 13.9. The van der Waals surface area contributed by atoms with E-state index in [0.29, 0.717) is 23.9 Å². The van der Waals surface area contributed by atoms with Gasteiger partial charge in [0.1, 0.15) is 13.2 Å². The minimum Gasteiger partial charge on any atom is -0.756 e. The molecule has 0 aliphatic carbocycles. The van der Waals surface area contributed by atoms with Crippen molar-refractivity contribution in [3.8, 4) is 0 Å². The highest BCUT2D eigenvalue weighted by Gasteiger charge is 2.24. The molecule has 2 N–H and O–H groups in total. The van der Waals surface area contributed by atoms with Crippen LogP contribution in [-0.4, -0.2) is 68.5 Å². The summed E-state index contributed by atoms with van der Waals surface area (Å²) < 4.78 is 22.9. The maximum atomic E-state index is 12.6. The molecular weight excluding hydrogens is 647 g/mol. The molecule has 0 aromatic heterocycles. The standard InChI is InChI=1S/C41H73N2O6P/c1-6-8-10-11-12-13-14-15-16-17-18-19-20-21-22-23-24-25-26-27-28-29-30-31-33-35-41(45)42-39(40(44)34-32-9-7-2)38-49-50(46,47)48-37-36-43(3,4)5/h8,10,12-13,15-16,18-19,21-22,24-25,39-40,44H,6-7,9,11,14,17,20,23,26-38H2,1-5H3,(H-,42,45,46,47)/b10-8-,13-12-,16-15-,19-18-,22-21-,25-24-. The van der Waals surface area contributed by atoms with Crippen LogP contribution in [0.3, 0.4) is 0 Å². The second kappa shape index (κ2) is 32.8. The molecule has 0 bridgehead atoms. The second-order valence-corrected chi connectivity index (χ2v) is 15.3. The Hall–Kier alpha value is -2.06. The van der Waals surface area contributed by atoms with E-state index in [-0.39, 0.29) is 19.1 Å². The predicted molar refractivity (Wildman–Crippen MR) is 210 cm³/mol. The van der Waals surface area contributed by atoms with Gasteiger partial charge in [-0.15, -0.1) is 0 Å². The van der Waals surface area contributed by atoms with Crippen molar-refractivity contribution in [2.45, 2.75) is 142 Å². The number of unbranched alkanes of at least 4 members (excludes halogenated alkanes) is 8. The Kier molecular flexibility index (Phi) is 31.5. The molecule has 0 spiro atoms. The van der Waals surface area contributed by atoms with Crippen molar-refractivity contribution >= 4 is 13.7 Å². The van der Waals surface area contributed by atoms with Gasteiger partial charge in [0.25, 0.3) is 7.82 Å². The van der Waals surface area contributed by atoms with Gasteiger partial charge in [-0.05, 0) is 64.2 Å². The first-order chi connectivity index (χ1) is 24.0. The lowest BCUT2D eigenvalue weighted by atomic mass is 10.0. The van der Waals surface area contributed by atoms with Gasteiger partial charge in [0, 0.05) is 6.42 Å². The molecule has 3 atom stereocenters. The Balaban J connectivity index is 4.08. The van der Waals surface area contributed by atoms with Crippen LogP contribution < -0.4 is 10.2 Å². The van der Waals surface area contributed by atoms with Crippen molar-refractivity contribution < 1.29 is 32.9 Å². The Bertz CT molecular complexity index is 1040. The summed E-state index contributed by atoms with van der Waals surface area (Å²) in [6, 6.07) is -0.808. The number of carbonyl (C=O) groups excluding carboxylic acids is 1. The first-order valence-corrected chi connectivity index (χ1v) is 20.7. The van der Waals surface area contributed by atoms with E-state index in [4.69, 9.17) is 9.05 Å². The average Bonchev–Trinajstić information content (AvgIpc) is 3.06. The number of hydrogen-bond donors (Lipinski definition) is 2. The minimum absolute atomic E-state index is 0.00284. The summed E-state index contributed by atoms with van der Waals surface area (Å²) in [6.07, 6.45) is 42.7. The van der Waals surface area contributed by atoms with Crippen molar-refractivity contribution in [1.82, 2.24) is 5.32 Å². The smallest absolute Gasteiger partial charge is 0.268 e. The van der Waals surface area contributed by atoms with Gasteiger partial charge in [-0.3, -0.25) is 9.36 Å². The van der Waals surface area contributed by atoms with E-state index in [1.807, 2.05) is 21.1 Å². The van der Waals surface area contributed by atoms with Crippen LogP contribution in [0.25, 0.3) is 0 Å². The van der Waals surface area contributed by atoms with Crippen molar-refractivity contribution in [1.29, 1.82) is 0 Å². The third kappa shape index (κ3) is 34.4. The molecule has 0 heterocycles. The quantitative estimate of drug-likeness (QED) is 0.0303. The van der Waals surface area contributed by atoms with E-state index in [1.54, 1.807) is 0 Å². The van der Waals surface area contributed by atoms with E-state index >= 15 is 0 Å². The van der Waals surface area contributed by atoms with Crippen molar-refractivity contribution in [2.75, 3.05) is 40.9 Å². The molecule has 0 radical (unpaired) electrons. The summed E-state index contributed by atoms with van der Waals surface area (Å²) in [5.41, 5.74) is 0. The molecule has 288 valence electrons. The summed E-state index contributed by atoms with van der Waals surface area (Å²) in [5.74, 6) is -0.197. The SMILES string of the molecule is CC/C=C\C/C=C\C/C=C\C/C=C\C/C=C\C/C=C\CCCCCCCCC(=O)NC(COP(=O)([O-])OCC[N+](C)(C)C)C(O)CCCCC. The first-order valence-electron chi connectivity index (χ1n) is 19.3. The Labute approximate surface area is 306 Å². The lowest BCUT2D eigenvalue weighted by molar-refractivity contribution is -0.870. The van der Waals surface area contributed by atoms with Crippen LogP contribution in [0.4, 0.5) is 0 Å². The normalized spacial score (nSPS) is 15.4. The molecule has 0 fully saturated rings. The van der Waals surface area contributed by atoms with Crippen LogP contribution in [0, 0.1) is 0 Å². The third-order valence-corrected chi connectivity index (χ3v) is 8.92. The molecule has 50 heavy (non-hydrogen) atoms. The summed E-state index contributed by atoms with van der Waals surface area (Å²) in [7, 11) is 1.27. The fourth-order valence-corrected chi connectivity index (χ4v) is 5.59. The van der Waals surface area contributed by atoms with E-state index in [2.05, 4.69) is 92.1 Å². The number of quaternary nitrogens is 1. The minimum atomic E-state index is -4.54. The van der Waals surface area contributed by atoms with Crippen LogP contribution in [-0.2, 0) is 18.4 Å². The first kappa shape index (κ1) is 47.9. The molecule has 0 saturated heterocycles. The molecule has 8 nitrogen and oxygen atoms in total. The van der Waals surface area contributed by atoms with Crippen LogP contribution in [0.1, 0.15) is 129 Å². The van der Waals surface area contributed by atoms with Crippen molar-refractivity contribution in [3.63, 3.8) is 0 Å². The average molecular weight is 721 g/mol. The number of phosphoric ester groups is 1. The molecule has 0 aliphatic rings. The molecule has 0 aliphatic heterocycles. The van der Waals surface area contributed by atoms with Gasteiger partial charge in [0.2, 0.25) is 5.91 Å². The maximum absolute atomic E-state index is 12.6. The van der Waals surface area contributed by atoms with Gasteiger partial charge in [0.05, 0.1) is 39.9 Å². The highest BCUT2D eigenvalue weighted by Crippen LogP contribution is 2.38. The van der Waals surface area contributed by atoms with Gasteiger partial charge in [-0.1, -0.05) is 132 Å². The number of nitrogens with zero attached hydrogens (tertiary/aromatic N) is 1. The maximum Gasteiger partial charge on any atom is 0.268 e. The number of phosphoric acid groups is 1. The Morgan fingerprint density at radius 1 is 0.720 bits per heavy atom. The summed E-state index contributed by atoms with van der Waals surface area (Å²) in [4.78, 5) is 24.9. The van der Waals surface area contributed by atoms with Crippen molar-refractivity contribution in [2.24, 2.45) is 0 Å². The fraction of sp³-hybridized carbons (Fsp3) is 0.683. The zero-order valence-electron chi connectivity index (χ0n) is 32.3. The van der Waals surface area contributed by atoms with Crippen LogP contribution in [0.2, 0.25) is 0 Å². The van der Waals surface area contributed by atoms with Gasteiger partial charge < -0.3 is 28.8 Å². The number of hydrogen-bond acceptors (Lipinski definition) is 6. The van der Waals surface area contributed by atoms with E-state index < -0.39 is 20.0 Å². The zero-order chi connectivity index (χ0) is 37.2. The molecule has 1 amide bonds. The van der Waals surface area contributed by atoms with Gasteiger partial charge >= 0.3 is 0 Å². The Morgan fingerprint density at radius 3 is 1.74 bits per heavy atom. The number of aliphatic hydroxyl groups is 1. The molecule has 0 rings (SSSR count). The monoisotopic (exact) mass is 721 g/mol. The number of amides is 1. The molecule has 9 heteroatoms. The van der Waals surface area contributed by atoms with Gasteiger partial charge in [-0.25, -0.2) is 0 Å². The topological polar surface area (TPSA) is 108 Å². The fourth-order valence-electron chi connectivity index (χ4n) is 4.86. The predicted octanol–water partition coefficient (Wildman–Crippen LogP) is 9.44. The van der Waals surface area contributed by atoms with Crippen LogP contribution >= 0.6 is 7.82 Å². The van der Waals surface area contributed by atoms with E-state index in [0.717, 1.165) is 89.9 Å². The molecule has 0 aromatic carbocycles. The lowest BCUT2D eigenvalue weighted by Crippen LogP contribution is -2.46. The van der Waals surface area contributed by atoms with Gasteiger partial charge in [-0.2, -0.15) is 0 Å². The molecule has 3 unspecified atom stereocenters. The van der Waals surface area contributed by atoms with E-state index in [1.165, 1.54) is 12.8 Å². The number of rotatable bonds is 33. The number of likely N-dealkylation sites (N-methyl/N-ethyl adjacent to an activating group) is 1. The lowest BCUT2D eigenvalue weighted by Gasteiger charge is -2.30. The highest BCUT2D eigenvalue weighted by molar-refractivity contribution is 7.45. The highest BCUT2D eigenvalue weighted by atomic mass is 31.2. The number of nitrogens with one attached hydrogen (secondary N) is 1. The van der Waals surface area contributed by atoms with E-state index in [9.17, 15) is 19.4 Å². The number of aliphatic hydroxyl groups excluding tert-OH is 1. The largest absolute Gasteiger partial charge is 0.756 e. The third-order valence-electron chi connectivity index (χ3n) is 7.96. The molecule has 0 saturated carbocycles. The van der Waals surface area contributed by atoms with Crippen molar-refractivity contribution in [3.05, 3.63) is 72.9 Å². The zero-order valence-corrected chi connectivity index (χ0v) is 33.2. The molecule has 0 aromatic rings. The number of carbonyl (C=O) groups is 1. The number of allylic oxidation sites excluding steroid dienone is 12. The van der Waals surface area contributed by atoms with Gasteiger partial charge in [0.15, 0.2) is 0 Å². The summed E-state index contributed by atoms with van der Waals surface area (Å²) in [6.45, 7) is 4.38. The van der Waals surface area contributed by atoms with Crippen LogP contribution in [0.15, 0.2) is 72.9 Å². The Morgan fingerprint density at radius 2 is 1.22 bits per heavy atom. The molecular formula is C41H73N2O6P. The van der Waals surface area contributed by atoms with Crippen LogP contribution in [0.5, 0.6) is 0 Å². The summed E-state index contributed by atoms with van der Waals surface area (Å²) >= 11 is 0.